The molecule has 0 radical (unpaired) electrons. The van der Waals surface area contributed by atoms with E-state index < -0.39 is 0 Å². The first-order valence-corrected chi connectivity index (χ1v) is 6.70. The lowest BCUT2D eigenvalue weighted by Crippen LogP contribution is -2.60. The minimum atomic E-state index is 0.158. The number of nitrogens with two attached hydrogens (primary N) is 1. The zero-order valence-electron chi connectivity index (χ0n) is 10.7. The molecule has 16 heavy (non-hydrogen) atoms. The van der Waals surface area contributed by atoms with Crippen LogP contribution in [0.5, 0.6) is 0 Å². The van der Waals surface area contributed by atoms with Crippen LogP contribution >= 0.6 is 0 Å². The second kappa shape index (κ2) is 5.03. The molecule has 3 nitrogen and oxygen atoms in total. The summed E-state index contributed by atoms with van der Waals surface area (Å²) >= 11 is 0. The van der Waals surface area contributed by atoms with Gasteiger partial charge in [-0.1, -0.05) is 12.8 Å². The third kappa shape index (κ3) is 2.41. The Kier molecular flexibility index (Phi) is 3.88. The summed E-state index contributed by atoms with van der Waals surface area (Å²) in [4.78, 5) is 2.60. The maximum Gasteiger partial charge on any atom is 0.0645 e. The van der Waals surface area contributed by atoms with Gasteiger partial charge in [0.15, 0.2) is 0 Å². The van der Waals surface area contributed by atoms with E-state index in [1.165, 1.54) is 25.7 Å². The number of rotatable bonds is 3. The van der Waals surface area contributed by atoms with Gasteiger partial charge in [0.05, 0.1) is 13.2 Å². The van der Waals surface area contributed by atoms with Crippen LogP contribution in [0.4, 0.5) is 0 Å². The van der Waals surface area contributed by atoms with Gasteiger partial charge in [-0.05, 0) is 32.6 Å². The van der Waals surface area contributed by atoms with Crippen molar-refractivity contribution in [3.05, 3.63) is 0 Å². The Balaban J connectivity index is 2.06. The first-order chi connectivity index (χ1) is 7.65. The van der Waals surface area contributed by atoms with E-state index in [4.69, 9.17) is 10.5 Å². The molecule has 2 fully saturated rings. The zero-order chi connectivity index (χ0) is 11.6. The van der Waals surface area contributed by atoms with Crippen LogP contribution in [0, 0.1) is 5.92 Å². The van der Waals surface area contributed by atoms with Crippen LogP contribution in [0.25, 0.3) is 0 Å². The van der Waals surface area contributed by atoms with Gasteiger partial charge in [-0.15, -0.1) is 0 Å². The van der Waals surface area contributed by atoms with Crippen molar-refractivity contribution >= 4 is 0 Å². The van der Waals surface area contributed by atoms with Crippen molar-refractivity contribution in [1.82, 2.24) is 4.90 Å². The van der Waals surface area contributed by atoms with Gasteiger partial charge in [-0.2, -0.15) is 0 Å². The van der Waals surface area contributed by atoms with E-state index in [-0.39, 0.29) is 5.54 Å². The van der Waals surface area contributed by atoms with Crippen LogP contribution in [0.2, 0.25) is 0 Å². The fourth-order valence-corrected chi connectivity index (χ4v) is 3.40. The Bertz CT molecular complexity index is 224. The minimum Gasteiger partial charge on any atom is -0.378 e. The monoisotopic (exact) mass is 226 g/mol. The molecule has 2 rings (SSSR count). The van der Waals surface area contributed by atoms with E-state index in [0.29, 0.717) is 6.04 Å². The maximum absolute atomic E-state index is 6.02. The van der Waals surface area contributed by atoms with Gasteiger partial charge < -0.3 is 10.5 Å². The topological polar surface area (TPSA) is 38.5 Å². The zero-order valence-corrected chi connectivity index (χ0v) is 10.7. The standard InChI is InChI=1S/C13H26N2O/c1-13(2)10-16-8-7-15(13)12(9-14)11-5-3-4-6-11/h11-12H,3-10,14H2,1-2H3. The van der Waals surface area contributed by atoms with Crippen LogP contribution in [0.15, 0.2) is 0 Å². The smallest absolute Gasteiger partial charge is 0.0645 e. The molecule has 0 aromatic carbocycles. The Morgan fingerprint density at radius 1 is 1.38 bits per heavy atom. The predicted molar refractivity (Wildman–Crippen MR) is 66.4 cm³/mol. The van der Waals surface area contributed by atoms with E-state index in [1.807, 2.05) is 0 Å². The lowest BCUT2D eigenvalue weighted by Gasteiger charge is -2.48. The molecule has 1 heterocycles. The highest BCUT2D eigenvalue weighted by molar-refractivity contribution is 4.93. The van der Waals surface area contributed by atoms with Gasteiger partial charge in [-0.3, -0.25) is 4.90 Å². The first-order valence-electron chi connectivity index (χ1n) is 6.70. The highest BCUT2D eigenvalue weighted by Gasteiger charge is 2.38. The molecule has 94 valence electrons. The SMILES string of the molecule is CC1(C)COCCN1C(CN)C1CCCC1. The molecule has 0 spiro atoms. The molecule has 1 aliphatic carbocycles. The summed E-state index contributed by atoms with van der Waals surface area (Å²) in [6, 6.07) is 0.571. The van der Waals surface area contributed by atoms with Gasteiger partial charge in [0, 0.05) is 24.7 Å². The average Bonchev–Trinajstić information content (AvgIpc) is 2.75. The summed E-state index contributed by atoms with van der Waals surface area (Å²) in [5, 5.41) is 0. The fraction of sp³-hybridized carbons (Fsp3) is 1.00. The van der Waals surface area contributed by atoms with E-state index in [0.717, 1.165) is 32.2 Å². The van der Waals surface area contributed by atoms with Crippen LogP contribution in [0.1, 0.15) is 39.5 Å². The van der Waals surface area contributed by atoms with Crippen LogP contribution in [-0.2, 0) is 4.74 Å². The van der Waals surface area contributed by atoms with Crippen LogP contribution < -0.4 is 5.73 Å². The summed E-state index contributed by atoms with van der Waals surface area (Å²) in [6.45, 7) is 8.12. The van der Waals surface area contributed by atoms with E-state index in [9.17, 15) is 0 Å². The normalized spacial score (nSPS) is 29.4. The van der Waals surface area contributed by atoms with Crippen molar-refractivity contribution in [3.8, 4) is 0 Å². The van der Waals surface area contributed by atoms with Gasteiger partial charge in [-0.25, -0.2) is 0 Å². The molecule has 0 amide bonds. The number of ether oxygens (including phenoxy) is 1. The van der Waals surface area contributed by atoms with E-state index in [2.05, 4.69) is 18.7 Å². The summed E-state index contributed by atoms with van der Waals surface area (Å²) < 4.78 is 5.59. The molecule has 1 unspecified atom stereocenters. The minimum absolute atomic E-state index is 0.158. The predicted octanol–water partition coefficient (Wildman–Crippen LogP) is 1.61. The molecule has 2 aliphatic rings. The molecule has 1 saturated carbocycles. The van der Waals surface area contributed by atoms with Crippen LogP contribution in [-0.4, -0.2) is 42.8 Å². The Morgan fingerprint density at radius 2 is 2.06 bits per heavy atom. The highest BCUT2D eigenvalue weighted by atomic mass is 16.5. The molecule has 1 atom stereocenters. The lowest BCUT2D eigenvalue weighted by atomic mass is 9.91. The van der Waals surface area contributed by atoms with Gasteiger partial charge >= 0.3 is 0 Å². The summed E-state index contributed by atoms with van der Waals surface area (Å²) in [6.07, 6.45) is 5.53. The van der Waals surface area contributed by atoms with Crippen molar-refractivity contribution in [1.29, 1.82) is 0 Å². The number of nitrogens with zero attached hydrogens (tertiary/aromatic N) is 1. The largest absolute Gasteiger partial charge is 0.378 e. The molecule has 2 N–H and O–H groups in total. The molecule has 0 aromatic heterocycles. The molecule has 0 bridgehead atoms. The Hall–Kier alpha value is -0.120. The van der Waals surface area contributed by atoms with E-state index >= 15 is 0 Å². The van der Waals surface area contributed by atoms with Crippen molar-refractivity contribution in [2.45, 2.75) is 51.1 Å². The number of hydrogen-bond donors (Lipinski definition) is 1. The van der Waals surface area contributed by atoms with Gasteiger partial charge in [0.1, 0.15) is 0 Å². The third-order valence-electron chi connectivity index (χ3n) is 4.30. The van der Waals surface area contributed by atoms with Crippen molar-refractivity contribution in [3.63, 3.8) is 0 Å². The number of morpholine rings is 1. The second-order valence-electron chi connectivity index (χ2n) is 5.91. The fourth-order valence-electron chi connectivity index (χ4n) is 3.40. The summed E-state index contributed by atoms with van der Waals surface area (Å²) in [5.74, 6) is 0.822. The highest BCUT2D eigenvalue weighted by Crippen LogP contribution is 2.33. The third-order valence-corrected chi connectivity index (χ3v) is 4.30. The quantitative estimate of drug-likeness (QED) is 0.794. The van der Waals surface area contributed by atoms with Crippen molar-refractivity contribution in [2.24, 2.45) is 11.7 Å². The lowest BCUT2D eigenvalue weighted by molar-refractivity contribution is -0.0805. The maximum atomic E-state index is 6.02. The van der Waals surface area contributed by atoms with Gasteiger partial charge in [0.25, 0.3) is 0 Å². The summed E-state index contributed by atoms with van der Waals surface area (Å²) in [7, 11) is 0. The Morgan fingerprint density at radius 3 is 2.62 bits per heavy atom. The van der Waals surface area contributed by atoms with E-state index in [1.54, 1.807) is 0 Å². The average molecular weight is 226 g/mol. The van der Waals surface area contributed by atoms with Crippen molar-refractivity contribution < 1.29 is 4.74 Å². The molecule has 3 heteroatoms. The Labute approximate surface area is 99.3 Å². The second-order valence-corrected chi connectivity index (χ2v) is 5.91. The van der Waals surface area contributed by atoms with Crippen molar-refractivity contribution in [2.75, 3.05) is 26.3 Å². The molecule has 1 aliphatic heterocycles. The molecular formula is C13H26N2O. The summed E-state index contributed by atoms with van der Waals surface area (Å²) in [5.41, 5.74) is 6.18. The molecule has 0 aromatic rings. The number of hydrogen-bond acceptors (Lipinski definition) is 3. The molecular weight excluding hydrogens is 200 g/mol. The van der Waals surface area contributed by atoms with Gasteiger partial charge in [0.2, 0.25) is 0 Å². The first kappa shape index (κ1) is 12.3. The molecule has 1 saturated heterocycles. The van der Waals surface area contributed by atoms with Crippen LogP contribution in [0.3, 0.4) is 0 Å².